The zero-order valence-corrected chi connectivity index (χ0v) is 14.7. The van der Waals surface area contributed by atoms with Gasteiger partial charge in [0, 0.05) is 55.9 Å². The van der Waals surface area contributed by atoms with Crippen molar-refractivity contribution in [2.75, 3.05) is 26.7 Å². The molecule has 1 aliphatic carbocycles. The lowest BCUT2D eigenvalue weighted by molar-refractivity contribution is 0.321. The van der Waals surface area contributed by atoms with E-state index in [0.29, 0.717) is 6.04 Å². The lowest BCUT2D eigenvalue weighted by atomic mass is 10.1. The topological polar surface area (TPSA) is 55.5 Å². The maximum absolute atomic E-state index is 13.3. The molecule has 0 radical (unpaired) electrons. The SMILES string of the molecule is CN=C(NCCc1c[nH]c2cc(F)ccc12)NC1CCN(C2CC2)C1. The molecule has 25 heavy (non-hydrogen) atoms. The van der Waals surface area contributed by atoms with Gasteiger partial charge in [-0.05, 0) is 49.4 Å². The minimum Gasteiger partial charge on any atom is -0.361 e. The summed E-state index contributed by atoms with van der Waals surface area (Å²) in [6.07, 6.45) is 6.76. The molecule has 2 heterocycles. The smallest absolute Gasteiger partial charge is 0.191 e. The second-order valence-corrected chi connectivity index (χ2v) is 7.11. The predicted molar refractivity (Wildman–Crippen MR) is 99.5 cm³/mol. The number of aliphatic imine (C=N–C) groups is 1. The zero-order valence-electron chi connectivity index (χ0n) is 14.7. The lowest BCUT2D eigenvalue weighted by Gasteiger charge is -2.18. The van der Waals surface area contributed by atoms with E-state index in [0.717, 1.165) is 42.4 Å². The number of nitrogens with zero attached hydrogens (tertiary/aromatic N) is 2. The zero-order chi connectivity index (χ0) is 17.2. The van der Waals surface area contributed by atoms with E-state index in [1.54, 1.807) is 6.07 Å². The van der Waals surface area contributed by atoms with Crippen LogP contribution in [0, 0.1) is 5.82 Å². The molecule has 134 valence electrons. The molecule has 2 aromatic rings. The second kappa shape index (κ2) is 7.04. The number of likely N-dealkylation sites (tertiary alicyclic amines) is 1. The van der Waals surface area contributed by atoms with Crippen LogP contribution >= 0.6 is 0 Å². The molecule has 0 bridgehead atoms. The quantitative estimate of drug-likeness (QED) is 0.577. The molecule has 1 saturated heterocycles. The Balaban J connectivity index is 1.27. The molecule has 1 aliphatic heterocycles. The third kappa shape index (κ3) is 3.79. The Morgan fingerprint density at radius 3 is 3.04 bits per heavy atom. The highest BCUT2D eigenvalue weighted by atomic mass is 19.1. The van der Waals surface area contributed by atoms with E-state index in [1.165, 1.54) is 37.4 Å². The number of nitrogens with one attached hydrogen (secondary N) is 3. The highest BCUT2D eigenvalue weighted by Gasteiger charge is 2.34. The van der Waals surface area contributed by atoms with Gasteiger partial charge in [-0.25, -0.2) is 4.39 Å². The minimum absolute atomic E-state index is 0.208. The molecule has 4 rings (SSSR count). The van der Waals surface area contributed by atoms with E-state index in [-0.39, 0.29) is 5.82 Å². The normalized spacial score (nSPS) is 21.8. The molecule has 2 fully saturated rings. The largest absolute Gasteiger partial charge is 0.361 e. The maximum atomic E-state index is 13.3. The van der Waals surface area contributed by atoms with Crippen LogP contribution in [0.25, 0.3) is 10.9 Å². The first-order valence-electron chi connectivity index (χ1n) is 9.19. The molecule has 0 amide bonds. The van der Waals surface area contributed by atoms with Gasteiger partial charge in [0.2, 0.25) is 0 Å². The van der Waals surface area contributed by atoms with E-state index < -0.39 is 0 Å². The summed E-state index contributed by atoms with van der Waals surface area (Å²) in [5.74, 6) is 0.661. The van der Waals surface area contributed by atoms with Gasteiger partial charge in [0.05, 0.1) is 0 Å². The van der Waals surface area contributed by atoms with E-state index in [2.05, 4.69) is 25.5 Å². The van der Waals surface area contributed by atoms with Crippen molar-refractivity contribution < 1.29 is 4.39 Å². The summed E-state index contributed by atoms with van der Waals surface area (Å²) in [4.78, 5) is 10.1. The van der Waals surface area contributed by atoms with Gasteiger partial charge >= 0.3 is 0 Å². The van der Waals surface area contributed by atoms with Gasteiger partial charge in [0.15, 0.2) is 5.96 Å². The molecular formula is C19H26FN5. The summed E-state index contributed by atoms with van der Waals surface area (Å²) in [6.45, 7) is 3.12. The predicted octanol–water partition coefficient (Wildman–Crippen LogP) is 2.25. The Morgan fingerprint density at radius 1 is 1.36 bits per heavy atom. The third-order valence-electron chi connectivity index (χ3n) is 5.26. The molecule has 2 aliphatic rings. The van der Waals surface area contributed by atoms with Gasteiger partial charge in [0.25, 0.3) is 0 Å². The van der Waals surface area contributed by atoms with Crippen LogP contribution < -0.4 is 10.6 Å². The Morgan fingerprint density at radius 2 is 2.24 bits per heavy atom. The molecule has 1 aromatic heterocycles. The molecule has 3 N–H and O–H groups in total. The Hall–Kier alpha value is -2.08. The monoisotopic (exact) mass is 343 g/mol. The fourth-order valence-electron chi connectivity index (χ4n) is 3.75. The van der Waals surface area contributed by atoms with Crippen LogP contribution in [0.3, 0.4) is 0 Å². The number of guanidine groups is 1. The van der Waals surface area contributed by atoms with Crippen molar-refractivity contribution >= 4 is 16.9 Å². The van der Waals surface area contributed by atoms with Gasteiger partial charge in [-0.2, -0.15) is 0 Å². The van der Waals surface area contributed by atoms with Crippen LogP contribution in [0.4, 0.5) is 4.39 Å². The number of H-pyrrole nitrogens is 1. The number of rotatable bonds is 5. The number of aromatic nitrogens is 1. The number of aromatic amines is 1. The number of benzene rings is 1. The molecular weight excluding hydrogens is 317 g/mol. The molecule has 1 saturated carbocycles. The van der Waals surface area contributed by atoms with Crippen LogP contribution in [0.5, 0.6) is 0 Å². The average molecular weight is 343 g/mol. The van der Waals surface area contributed by atoms with Gasteiger partial charge in [-0.3, -0.25) is 9.89 Å². The van der Waals surface area contributed by atoms with Crippen LogP contribution in [-0.4, -0.2) is 54.6 Å². The summed E-state index contributed by atoms with van der Waals surface area (Å²) in [5.41, 5.74) is 2.04. The van der Waals surface area contributed by atoms with Crippen LogP contribution in [0.15, 0.2) is 29.4 Å². The summed E-state index contributed by atoms with van der Waals surface area (Å²) >= 11 is 0. The first-order chi connectivity index (χ1) is 12.2. The van der Waals surface area contributed by atoms with E-state index in [9.17, 15) is 4.39 Å². The molecule has 1 aromatic carbocycles. The maximum Gasteiger partial charge on any atom is 0.191 e. The first kappa shape index (κ1) is 16.4. The van der Waals surface area contributed by atoms with Crippen LogP contribution in [0.2, 0.25) is 0 Å². The number of hydrogen-bond acceptors (Lipinski definition) is 2. The second-order valence-electron chi connectivity index (χ2n) is 7.11. The lowest BCUT2D eigenvalue weighted by Crippen LogP contribution is -2.45. The first-order valence-corrected chi connectivity index (χ1v) is 9.19. The fourth-order valence-corrected chi connectivity index (χ4v) is 3.75. The van der Waals surface area contributed by atoms with Crippen molar-refractivity contribution in [1.82, 2.24) is 20.5 Å². The van der Waals surface area contributed by atoms with E-state index in [1.807, 2.05) is 19.3 Å². The van der Waals surface area contributed by atoms with Gasteiger partial charge < -0.3 is 15.6 Å². The van der Waals surface area contributed by atoms with Gasteiger partial charge in [-0.1, -0.05) is 0 Å². The number of halogens is 1. The Bertz CT molecular complexity index is 764. The Kier molecular flexibility index (Phi) is 4.61. The highest BCUT2D eigenvalue weighted by molar-refractivity contribution is 5.83. The van der Waals surface area contributed by atoms with Gasteiger partial charge in [0.1, 0.15) is 5.82 Å². The van der Waals surface area contributed by atoms with Gasteiger partial charge in [-0.15, -0.1) is 0 Å². The fraction of sp³-hybridized carbons (Fsp3) is 0.526. The van der Waals surface area contributed by atoms with Crippen molar-refractivity contribution in [2.24, 2.45) is 4.99 Å². The van der Waals surface area contributed by atoms with Crippen molar-refractivity contribution in [2.45, 2.75) is 37.8 Å². The molecule has 6 heteroatoms. The minimum atomic E-state index is -0.208. The Labute approximate surface area is 147 Å². The standard InChI is InChI=1S/C19H26FN5/c1-21-19(24-15-7-9-25(12-15)16-3-4-16)22-8-6-13-11-23-18-10-14(20)2-5-17(13)18/h2,5,10-11,15-16,23H,3-4,6-9,12H2,1H3,(H2,21,22,24). The summed E-state index contributed by atoms with van der Waals surface area (Å²) in [6, 6.07) is 6.23. The summed E-state index contributed by atoms with van der Waals surface area (Å²) < 4.78 is 13.3. The summed E-state index contributed by atoms with van der Waals surface area (Å²) in [7, 11) is 1.82. The average Bonchev–Trinajstić information content (AvgIpc) is 3.24. The molecule has 1 unspecified atom stereocenters. The highest BCUT2D eigenvalue weighted by Crippen LogP contribution is 2.29. The van der Waals surface area contributed by atoms with E-state index >= 15 is 0 Å². The van der Waals surface area contributed by atoms with E-state index in [4.69, 9.17) is 0 Å². The number of fused-ring (bicyclic) bond motifs is 1. The summed E-state index contributed by atoms with van der Waals surface area (Å²) in [5, 5.41) is 8.03. The van der Waals surface area contributed by atoms with Crippen molar-refractivity contribution in [1.29, 1.82) is 0 Å². The van der Waals surface area contributed by atoms with Crippen molar-refractivity contribution in [3.8, 4) is 0 Å². The van der Waals surface area contributed by atoms with Crippen LogP contribution in [-0.2, 0) is 6.42 Å². The van der Waals surface area contributed by atoms with Crippen molar-refractivity contribution in [3.05, 3.63) is 35.8 Å². The van der Waals surface area contributed by atoms with Crippen molar-refractivity contribution in [3.63, 3.8) is 0 Å². The number of hydrogen-bond donors (Lipinski definition) is 3. The molecule has 5 nitrogen and oxygen atoms in total. The molecule has 0 spiro atoms. The third-order valence-corrected chi connectivity index (χ3v) is 5.26. The van der Waals surface area contributed by atoms with Crippen LogP contribution in [0.1, 0.15) is 24.8 Å². The molecule has 1 atom stereocenters.